The molecule has 2 heterocycles. The first-order valence-electron chi connectivity index (χ1n) is 9.21. The van der Waals surface area contributed by atoms with Crippen LogP contribution in [-0.4, -0.2) is 44.9 Å². The smallest absolute Gasteiger partial charge is 0.335 e. The molecule has 6 heteroatoms. The van der Waals surface area contributed by atoms with Gasteiger partial charge in [0.25, 0.3) is 0 Å². The third-order valence-corrected chi connectivity index (χ3v) is 4.92. The normalized spacial score (nSPS) is 15.6. The molecule has 1 fully saturated rings. The highest BCUT2D eigenvalue weighted by molar-refractivity contribution is 5.89. The Labute approximate surface area is 159 Å². The summed E-state index contributed by atoms with van der Waals surface area (Å²) in [5.74, 6) is -0.586. The van der Waals surface area contributed by atoms with Crippen LogP contribution in [0.2, 0.25) is 0 Å². The molecule has 1 N–H and O–H groups in total. The fraction of sp³-hybridized carbons (Fsp3) is 0.429. The Kier molecular flexibility index (Phi) is 5.26. The monoisotopic (exact) mass is 367 g/mol. The van der Waals surface area contributed by atoms with Crippen molar-refractivity contribution in [1.29, 1.82) is 0 Å². The lowest BCUT2D eigenvalue weighted by atomic mass is 9.88. The maximum absolute atomic E-state index is 12.5. The van der Waals surface area contributed by atoms with Gasteiger partial charge in [-0.1, -0.05) is 32.9 Å². The van der Waals surface area contributed by atoms with Crippen molar-refractivity contribution >= 4 is 11.9 Å². The minimum Gasteiger partial charge on any atom is -0.478 e. The number of carbonyl (C=O) groups excluding carboxylic acids is 1. The lowest BCUT2D eigenvalue weighted by molar-refractivity contribution is -0.140. The van der Waals surface area contributed by atoms with E-state index in [-0.39, 0.29) is 22.8 Å². The SMILES string of the molecule is CC(C)(C)C(=O)N1CCC(c2nccnc2-c2cccc(C(=O)O)c2)CC1. The Bertz CT molecular complexity index is 850. The van der Waals surface area contributed by atoms with Crippen molar-refractivity contribution in [3.05, 3.63) is 47.9 Å². The molecule has 0 spiro atoms. The minimum absolute atomic E-state index is 0.175. The molecule has 0 atom stereocenters. The number of carbonyl (C=O) groups is 2. The Morgan fingerprint density at radius 3 is 2.41 bits per heavy atom. The van der Waals surface area contributed by atoms with Crippen LogP contribution in [0.1, 0.15) is 55.6 Å². The zero-order valence-corrected chi connectivity index (χ0v) is 16.0. The van der Waals surface area contributed by atoms with Crippen LogP contribution in [0, 0.1) is 5.41 Å². The summed E-state index contributed by atoms with van der Waals surface area (Å²) in [5.41, 5.74) is 2.21. The molecule has 1 amide bonds. The Hall–Kier alpha value is -2.76. The molecule has 0 saturated carbocycles. The van der Waals surface area contributed by atoms with Crippen molar-refractivity contribution < 1.29 is 14.7 Å². The van der Waals surface area contributed by atoms with Crippen molar-refractivity contribution in [2.75, 3.05) is 13.1 Å². The first-order valence-corrected chi connectivity index (χ1v) is 9.21. The Morgan fingerprint density at radius 1 is 1.11 bits per heavy atom. The quantitative estimate of drug-likeness (QED) is 0.896. The van der Waals surface area contributed by atoms with Gasteiger partial charge in [0, 0.05) is 42.4 Å². The van der Waals surface area contributed by atoms with Crippen molar-refractivity contribution in [1.82, 2.24) is 14.9 Å². The second kappa shape index (κ2) is 7.47. The fourth-order valence-corrected chi connectivity index (χ4v) is 3.50. The molecule has 0 unspecified atom stereocenters. The summed E-state index contributed by atoms with van der Waals surface area (Å²) in [7, 11) is 0. The van der Waals surface area contributed by atoms with Crippen LogP contribution >= 0.6 is 0 Å². The molecule has 1 aromatic heterocycles. The molecule has 1 aliphatic rings. The highest BCUT2D eigenvalue weighted by Gasteiger charge is 2.32. The molecule has 0 bridgehead atoms. The van der Waals surface area contributed by atoms with E-state index in [1.54, 1.807) is 30.6 Å². The van der Waals surface area contributed by atoms with Gasteiger partial charge in [0.2, 0.25) is 5.91 Å². The summed E-state index contributed by atoms with van der Waals surface area (Å²) in [5, 5.41) is 9.25. The number of aromatic nitrogens is 2. The van der Waals surface area contributed by atoms with E-state index in [1.807, 2.05) is 31.7 Å². The van der Waals surface area contributed by atoms with Crippen LogP contribution in [-0.2, 0) is 4.79 Å². The van der Waals surface area contributed by atoms with Gasteiger partial charge < -0.3 is 10.0 Å². The summed E-state index contributed by atoms with van der Waals surface area (Å²) in [4.78, 5) is 34.7. The van der Waals surface area contributed by atoms with Crippen LogP contribution < -0.4 is 0 Å². The summed E-state index contributed by atoms with van der Waals surface area (Å²) in [6.07, 6.45) is 4.95. The van der Waals surface area contributed by atoms with Crippen molar-refractivity contribution in [2.24, 2.45) is 5.41 Å². The van der Waals surface area contributed by atoms with Crippen LogP contribution in [0.15, 0.2) is 36.7 Å². The van der Waals surface area contributed by atoms with Gasteiger partial charge in [-0.25, -0.2) is 4.79 Å². The van der Waals surface area contributed by atoms with E-state index in [4.69, 9.17) is 0 Å². The predicted octanol–water partition coefficient (Wildman–Crippen LogP) is 3.59. The summed E-state index contributed by atoms with van der Waals surface area (Å²) < 4.78 is 0. The zero-order valence-electron chi connectivity index (χ0n) is 16.0. The number of aromatic carboxylic acids is 1. The average Bonchev–Trinajstić information content (AvgIpc) is 2.67. The zero-order chi connectivity index (χ0) is 19.6. The summed E-state index contributed by atoms with van der Waals surface area (Å²) in [6, 6.07) is 6.78. The maximum atomic E-state index is 12.5. The van der Waals surface area contributed by atoms with Crippen molar-refractivity contribution in [3.8, 4) is 11.3 Å². The number of rotatable bonds is 3. The highest BCUT2D eigenvalue weighted by Crippen LogP contribution is 2.34. The molecular weight excluding hydrogens is 342 g/mol. The molecule has 1 aromatic carbocycles. The number of nitrogens with zero attached hydrogens (tertiary/aromatic N) is 3. The molecule has 2 aromatic rings. The fourth-order valence-electron chi connectivity index (χ4n) is 3.50. The molecule has 27 heavy (non-hydrogen) atoms. The van der Waals surface area contributed by atoms with Gasteiger partial charge >= 0.3 is 5.97 Å². The topological polar surface area (TPSA) is 83.4 Å². The number of benzene rings is 1. The lowest BCUT2D eigenvalue weighted by Crippen LogP contribution is -2.43. The van der Waals surface area contributed by atoms with E-state index in [1.165, 1.54) is 0 Å². The molecular formula is C21H25N3O3. The second-order valence-electron chi connectivity index (χ2n) is 7.99. The van der Waals surface area contributed by atoms with Gasteiger partial charge in [-0.15, -0.1) is 0 Å². The van der Waals surface area contributed by atoms with Gasteiger partial charge in [-0.3, -0.25) is 14.8 Å². The van der Waals surface area contributed by atoms with Crippen molar-refractivity contribution in [3.63, 3.8) is 0 Å². The Morgan fingerprint density at radius 2 is 1.78 bits per heavy atom. The lowest BCUT2D eigenvalue weighted by Gasteiger charge is -2.35. The standard InChI is InChI=1S/C21H25N3O3/c1-21(2,3)20(27)24-11-7-14(8-12-24)17-18(23-10-9-22-17)15-5-4-6-16(13-15)19(25)26/h4-6,9-10,13-14H,7-8,11-12H2,1-3H3,(H,25,26). The number of carboxylic acid groups (broad SMARTS) is 1. The Balaban J connectivity index is 1.83. The van der Waals surface area contributed by atoms with Crippen LogP contribution in [0.4, 0.5) is 0 Å². The molecule has 0 radical (unpaired) electrons. The van der Waals surface area contributed by atoms with E-state index < -0.39 is 5.97 Å². The van der Waals surface area contributed by atoms with Gasteiger partial charge in [0.15, 0.2) is 0 Å². The number of carboxylic acids is 1. The number of amides is 1. The van der Waals surface area contributed by atoms with E-state index in [2.05, 4.69) is 9.97 Å². The largest absolute Gasteiger partial charge is 0.478 e. The first-order chi connectivity index (χ1) is 12.8. The van der Waals surface area contributed by atoms with Crippen molar-refractivity contribution in [2.45, 2.75) is 39.5 Å². The summed E-state index contributed by atoms with van der Waals surface area (Å²) in [6.45, 7) is 7.23. The van der Waals surface area contributed by atoms with Crippen LogP contribution in [0.25, 0.3) is 11.3 Å². The van der Waals surface area contributed by atoms with Crippen LogP contribution in [0.5, 0.6) is 0 Å². The number of hydrogen-bond donors (Lipinski definition) is 1. The van der Waals surface area contributed by atoms with E-state index in [0.717, 1.165) is 29.8 Å². The molecule has 3 rings (SSSR count). The molecule has 142 valence electrons. The number of likely N-dealkylation sites (tertiary alicyclic amines) is 1. The average molecular weight is 367 g/mol. The van der Waals surface area contributed by atoms with Gasteiger partial charge in [0.05, 0.1) is 17.0 Å². The second-order valence-corrected chi connectivity index (χ2v) is 7.99. The van der Waals surface area contributed by atoms with Gasteiger partial charge in [-0.05, 0) is 25.0 Å². The third-order valence-electron chi connectivity index (χ3n) is 4.92. The highest BCUT2D eigenvalue weighted by atomic mass is 16.4. The number of hydrogen-bond acceptors (Lipinski definition) is 4. The third kappa shape index (κ3) is 4.15. The first kappa shape index (κ1) is 19.0. The molecule has 0 aliphatic carbocycles. The van der Waals surface area contributed by atoms with Crippen LogP contribution in [0.3, 0.4) is 0 Å². The van der Waals surface area contributed by atoms with E-state index in [9.17, 15) is 14.7 Å². The van der Waals surface area contributed by atoms with Gasteiger partial charge in [0.1, 0.15) is 0 Å². The van der Waals surface area contributed by atoms with Gasteiger partial charge in [-0.2, -0.15) is 0 Å². The molecule has 1 saturated heterocycles. The molecule has 1 aliphatic heterocycles. The predicted molar refractivity (Wildman–Crippen MR) is 102 cm³/mol. The minimum atomic E-state index is -0.962. The summed E-state index contributed by atoms with van der Waals surface area (Å²) >= 11 is 0. The molecule has 6 nitrogen and oxygen atoms in total. The van der Waals surface area contributed by atoms with E-state index >= 15 is 0 Å². The van der Waals surface area contributed by atoms with E-state index in [0.29, 0.717) is 13.1 Å². The number of piperidine rings is 1. The maximum Gasteiger partial charge on any atom is 0.335 e.